The third-order valence-electron chi connectivity index (χ3n) is 4.79. The molecular formula is C22H24ClF3N2O4. The molecule has 0 radical (unpaired) electrons. The second kappa shape index (κ2) is 10.6. The summed E-state index contributed by atoms with van der Waals surface area (Å²) in [5, 5.41) is 26.9. The van der Waals surface area contributed by atoms with Crippen LogP contribution in [0, 0.1) is 5.41 Å². The van der Waals surface area contributed by atoms with Gasteiger partial charge in [-0.1, -0.05) is 24.9 Å². The van der Waals surface area contributed by atoms with Crippen molar-refractivity contribution in [3.05, 3.63) is 52.0 Å². The Morgan fingerprint density at radius 3 is 2.50 bits per heavy atom. The number of phenolic OH excluding ortho intramolecular Hbond substituents is 1. The van der Waals surface area contributed by atoms with E-state index in [0.29, 0.717) is 36.5 Å². The van der Waals surface area contributed by atoms with Crippen molar-refractivity contribution < 1.29 is 32.9 Å². The lowest BCUT2D eigenvalue weighted by molar-refractivity contribution is -0.0588. The molecule has 0 spiro atoms. The van der Waals surface area contributed by atoms with Gasteiger partial charge in [0, 0.05) is 24.7 Å². The van der Waals surface area contributed by atoms with E-state index in [0.717, 1.165) is 6.07 Å². The minimum atomic E-state index is -4.86. The first-order valence-electron chi connectivity index (χ1n) is 9.85. The predicted molar refractivity (Wildman–Crippen MR) is 117 cm³/mol. The molecule has 0 amide bonds. The topological polar surface area (TPSA) is 93.9 Å². The lowest BCUT2D eigenvalue weighted by Gasteiger charge is -2.21. The van der Waals surface area contributed by atoms with Crippen LogP contribution in [0.5, 0.6) is 11.5 Å². The van der Waals surface area contributed by atoms with Crippen molar-refractivity contribution in [3.8, 4) is 11.5 Å². The molecule has 0 atom stereocenters. The van der Waals surface area contributed by atoms with Crippen molar-refractivity contribution in [2.24, 2.45) is 0 Å². The van der Waals surface area contributed by atoms with Gasteiger partial charge in [0.1, 0.15) is 17.2 Å². The fraction of sp³-hybridized carbons (Fsp3) is 0.364. The number of carbonyl (C=O) groups is 1. The van der Waals surface area contributed by atoms with Crippen LogP contribution < -0.4 is 9.64 Å². The fourth-order valence-electron chi connectivity index (χ4n) is 3.15. The third kappa shape index (κ3) is 6.06. The zero-order valence-corrected chi connectivity index (χ0v) is 18.3. The molecule has 2 aromatic carbocycles. The maximum Gasteiger partial charge on any atom is 0.433 e. The Labute approximate surface area is 188 Å². The predicted octanol–water partition coefficient (Wildman–Crippen LogP) is 5.53. The summed E-state index contributed by atoms with van der Waals surface area (Å²) in [6.45, 7) is 2.55. The van der Waals surface area contributed by atoms with Crippen molar-refractivity contribution in [2.75, 3.05) is 25.1 Å². The average Bonchev–Trinajstić information content (AvgIpc) is 2.72. The van der Waals surface area contributed by atoms with Crippen LogP contribution in [-0.4, -0.2) is 48.3 Å². The summed E-state index contributed by atoms with van der Waals surface area (Å²) in [7, 11) is 1.79. The molecule has 0 aliphatic rings. The number of hydrogen-bond donors (Lipinski definition) is 3. The van der Waals surface area contributed by atoms with Gasteiger partial charge in [-0.15, -0.1) is 0 Å². The van der Waals surface area contributed by atoms with Gasteiger partial charge in [-0.2, -0.15) is 13.2 Å². The molecule has 10 heteroatoms. The van der Waals surface area contributed by atoms with Gasteiger partial charge < -0.3 is 19.8 Å². The number of carboxylic acid groups (broad SMARTS) is 1. The number of anilines is 1. The van der Waals surface area contributed by atoms with Crippen molar-refractivity contribution in [1.82, 2.24) is 0 Å². The van der Waals surface area contributed by atoms with Gasteiger partial charge in [-0.05, 0) is 43.2 Å². The zero-order valence-electron chi connectivity index (χ0n) is 17.6. The van der Waals surface area contributed by atoms with Crippen LogP contribution >= 0.6 is 11.6 Å². The summed E-state index contributed by atoms with van der Waals surface area (Å²) in [5.41, 5.74) is -1.21. The van der Waals surface area contributed by atoms with E-state index in [4.69, 9.17) is 26.9 Å². The molecule has 2 rings (SSSR count). The number of nitrogens with zero attached hydrogens (tertiary/aromatic N) is 1. The van der Waals surface area contributed by atoms with Crippen LogP contribution in [0.15, 0.2) is 30.3 Å². The van der Waals surface area contributed by atoms with Gasteiger partial charge in [0.2, 0.25) is 0 Å². The normalized spacial score (nSPS) is 11.3. The minimum absolute atomic E-state index is 0.0841. The van der Waals surface area contributed by atoms with Crippen LogP contribution in [0.4, 0.5) is 18.9 Å². The third-order valence-corrected chi connectivity index (χ3v) is 5.10. The Hall–Kier alpha value is -2.94. The monoisotopic (exact) mass is 472 g/mol. The first-order valence-corrected chi connectivity index (χ1v) is 10.2. The van der Waals surface area contributed by atoms with Crippen LogP contribution in [-0.2, 0) is 6.42 Å². The Kier molecular flexibility index (Phi) is 8.38. The molecule has 0 saturated carbocycles. The second-order valence-electron chi connectivity index (χ2n) is 7.16. The summed E-state index contributed by atoms with van der Waals surface area (Å²) < 4.78 is 44.3. The number of benzene rings is 2. The zero-order chi connectivity index (χ0) is 24.1. The molecule has 0 aliphatic heterocycles. The van der Waals surface area contributed by atoms with Crippen LogP contribution in [0.2, 0.25) is 5.02 Å². The van der Waals surface area contributed by atoms with Crippen LogP contribution in [0.1, 0.15) is 41.3 Å². The van der Waals surface area contributed by atoms with Crippen LogP contribution in [0.25, 0.3) is 0 Å². The van der Waals surface area contributed by atoms with E-state index in [1.165, 1.54) is 18.2 Å². The van der Waals surface area contributed by atoms with Gasteiger partial charge in [0.15, 0.2) is 0 Å². The highest BCUT2D eigenvalue weighted by molar-refractivity contribution is 6.33. The Morgan fingerprint density at radius 2 is 1.94 bits per heavy atom. The molecule has 32 heavy (non-hydrogen) atoms. The largest absolute Gasteiger partial charge is 0.507 e. The van der Waals surface area contributed by atoms with E-state index >= 15 is 0 Å². The van der Waals surface area contributed by atoms with Gasteiger partial charge in [-0.3, -0.25) is 5.41 Å². The molecule has 2 aromatic rings. The average molecular weight is 473 g/mol. The van der Waals surface area contributed by atoms with E-state index in [-0.39, 0.29) is 23.5 Å². The molecular weight excluding hydrogens is 449 g/mol. The summed E-state index contributed by atoms with van der Waals surface area (Å²) in [4.78, 5) is 12.8. The molecule has 0 unspecified atom stereocenters. The highest BCUT2D eigenvalue weighted by Gasteiger charge is 2.37. The van der Waals surface area contributed by atoms with Gasteiger partial charge in [0.05, 0.1) is 22.9 Å². The Bertz CT molecular complexity index is 996. The molecule has 3 N–H and O–H groups in total. The number of carboxylic acids is 1. The summed E-state index contributed by atoms with van der Waals surface area (Å²) >= 11 is 6.16. The van der Waals surface area contributed by atoms with Gasteiger partial charge in [-0.25, -0.2) is 4.79 Å². The summed E-state index contributed by atoms with van der Waals surface area (Å²) in [6, 6.07) is 6.81. The number of ether oxygens (including phenoxy) is 1. The Morgan fingerprint density at radius 1 is 1.25 bits per heavy atom. The van der Waals surface area contributed by atoms with Crippen molar-refractivity contribution >= 4 is 29.0 Å². The number of aromatic carboxylic acids is 1. The fourth-order valence-corrected chi connectivity index (χ4v) is 3.48. The first kappa shape index (κ1) is 25.3. The molecule has 0 aromatic heterocycles. The Balaban J connectivity index is 2.05. The maximum atomic E-state index is 12.9. The molecule has 0 heterocycles. The summed E-state index contributed by atoms with van der Waals surface area (Å²) in [6.07, 6.45) is -3.47. The highest BCUT2D eigenvalue weighted by atomic mass is 35.5. The van der Waals surface area contributed by atoms with E-state index in [1.54, 1.807) is 13.1 Å². The maximum absolute atomic E-state index is 12.9. The highest BCUT2D eigenvalue weighted by Crippen LogP contribution is 2.36. The molecule has 0 aliphatic carbocycles. The van der Waals surface area contributed by atoms with E-state index in [9.17, 15) is 23.1 Å². The lowest BCUT2D eigenvalue weighted by Crippen LogP contribution is -2.23. The van der Waals surface area contributed by atoms with E-state index in [2.05, 4.69) is 0 Å². The molecule has 0 bridgehead atoms. The number of hydrogen-bond acceptors (Lipinski definition) is 5. The van der Waals surface area contributed by atoms with Gasteiger partial charge in [0.25, 0.3) is 0 Å². The molecule has 0 saturated heterocycles. The quantitative estimate of drug-likeness (QED) is 0.312. The second-order valence-corrected chi connectivity index (χ2v) is 7.56. The first-order chi connectivity index (χ1) is 15.0. The minimum Gasteiger partial charge on any atom is -0.507 e. The number of aromatic hydroxyl groups is 1. The molecule has 0 fully saturated rings. The number of phenols is 1. The smallest absolute Gasteiger partial charge is 0.433 e. The molecule has 6 nitrogen and oxygen atoms in total. The summed E-state index contributed by atoms with van der Waals surface area (Å²) in [5.74, 6) is -1.39. The standard InChI is InChI=1S/C22H24ClF3N2O4/c1-3-5-14-18(9-7-15(19(14)29)20(27)22(24,25)26)32-11-4-10-28(2)17-8-6-13(21(30)31)12-16(17)23/h6-9,12,27,29H,3-5,10-11H2,1-2H3,(H,30,31). The van der Waals surface area contributed by atoms with E-state index < -0.39 is 29.2 Å². The number of halogens is 4. The van der Waals surface area contributed by atoms with Crippen molar-refractivity contribution in [2.45, 2.75) is 32.4 Å². The van der Waals surface area contributed by atoms with Gasteiger partial charge >= 0.3 is 12.1 Å². The van der Waals surface area contributed by atoms with E-state index in [1.807, 2.05) is 11.8 Å². The van der Waals surface area contributed by atoms with Crippen LogP contribution in [0.3, 0.4) is 0 Å². The van der Waals surface area contributed by atoms with Crippen molar-refractivity contribution in [1.29, 1.82) is 5.41 Å². The molecule has 174 valence electrons. The lowest BCUT2D eigenvalue weighted by atomic mass is 10.00. The SMILES string of the molecule is CCCc1c(OCCCN(C)c2ccc(C(=O)O)cc2Cl)ccc(C(=N)C(F)(F)F)c1O. The number of alkyl halides is 3. The van der Waals surface area contributed by atoms with Crippen molar-refractivity contribution in [3.63, 3.8) is 0 Å². The number of nitrogens with one attached hydrogen (secondary N) is 1. The number of rotatable bonds is 10.